The standard InChI is InChI=1S/C26H42N2O4Si/c1-24(2,3)20-16-26(32-33(7)8,28(18-20)23(30)31-25(4,5)6)21-14-15-27(22(21)29)17-19-12-10-9-11-13-19/h9-13,20-21,33H,14-18H2,1-8H3/t20-,21?,26-/m0/s1. The van der Waals surface area contributed by atoms with E-state index in [1.54, 1.807) is 4.90 Å². The molecule has 0 aliphatic carbocycles. The Kier molecular flexibility index (Phi) is 7.35. The monoisotopic (exact) mass is 474 g/mol. The number of hydrogen-bond acceptors (Lipinski definition) is 4. The van der Waals surface area contributed by atoms with Gasteiger partial charge in [-0.3, -0.25) is 9.69 Å². The zero-order valence-corrected chi connectivity index (χ0v) is 22.8. The Hall–Kier alpha value is -1.86. The van der Waals surface area contributed by atoms with E-state index >= 15 is 0 Å². The van der Waals surface area contributed by atoms with E-state index in [9.17, 15) is 9.59 Å². The number of nitrogens with zero attached hydrogens (tertiary/aromatic N) is 2. The second-order valence-corrected chi connectivity index (χ2v) is 14.3. The predicted molar refractivity (Wildman–Crippen MR) is 133 cm³/mol. The van der Waals surface area contributed by atoms with Crippen LogP contribution in [0.15, 0.2) is 30.3 Å². The maximum atomic E-state index is 13.8. The lowest BCUT2D eigenvalue weighted by molar-refractivity contribution is -0.148. The molecule has 6 nitrogen and oxygen atoms in total. The van der Waals surface area contributed by atoms with Gasteiger partial charge in [0.25, 0.3) is 0 Å². The fourth-order valence-corrected chi connectivity index (χ4v) is 6.28. The summed E-state index contributed by atoms with van der Waals surface area (Å²) in [5.74, 6) is -0.0821. The van der Waals surface area contributed by atoms with E-state index in [4.69, 9.17) is 9.16 Å². The Labute approximate surface area is 201 Å². The van der Waals surface area contributed by atoms with Gasteiger partial charge in [-0.25, -0.2) is 4.79 Å². The van der Waals surface area contributed by atoms with Crippen molar-refractivity contribution in [2.75, 3.05) is 13.1 Å². The fraction of sp³-hybridized carbons (Fsp3) is 0.692. The topological polar surface area (TPSA) is 59.1 Å². The van der Waals surface area contributed by atoms with Crippen molar-refractivity contribution in [3.8, 4) is 0 Å². The largest absolute Gasteiger partial charge is 0.444 e. The third-order valence-electron chi connectivity index (χ3n) is 6.74. The number of hydrogen-bond donors (Lipinski definition) is 0. The molecular formula is C26H42N2O4Si. The van der Waals surface area contributed by atoms with E-state index < -0.39 is 20.4 Å². The molecule has 2 saturated heterocycles. The number of carbonyl (C=O) groups is 2. The highest BCUT2D eigenvalue weighted by Gasteiger charge is 2.60. The van der Waals surface area contributed by atoms with E-state index in [1.165, 1.54) is 0 Å². The van der Waals surface area contributed by atoms with Gasteiger partial charge < -0.3 is 14.1 Å². The summed E-state index contributed by atoms with van der Waals surface area (Å²) < 4.78 is 12.6. The van der Waals surface area contributed by atoms with Crippen LogP contribution in [0.4, 0.5) is 4.79 Å². The maximum absolute atomic E-state index is 13.8. The third-order valence-corrected chi connectivity index (χ3v) is 7.61. The molecule has 3 rings (SSSR count). The highest BCUT2D eigenvalue weighted by Crippen LogP contribution is 2.49. The first-order chi connectivity index (χ1) is 15.2. The van der Waals surface area contributed by atoms with Gasteiger partial charge in [0, 0.05) is 26.1 Å². The van der Waals surface area contributed by atoms with Crippen molar-refractivity contribution in [3.05, 3.63) is 35.9 Å². The molecule has 0 spiro atoms. The number of ether oxygens (including phenoxy) is 1. The Bertz CT molecular complexity index is 846. The number of carbonyl (C=O) groups excluding carboxylic acids is 2. The molecule has 1 aromatic rings. The van der Waals surface area contributed by atoms with E-state index in [0.29, 0.717) is 32.5 Å². The summed E-state index contributed by atoms with van der Waals surface area (Å²) >= 11 is 0. The predicted octanol–water partition coefficient (Wildman–Crippen LogP) is 5.03. The van der Waals surface area contributed by atoms with Crippen LogP contribution < -0.4 is 0 Å². The van der Waals surface area contributed by atoms with Gasteiger partial charge in [-0.05, 0) is 57.2 Å². The molecular weight excluding hydrogens is 432 g/mol. The summed E-state index contributed by atoms with van der Waals surface area (Å²) in [6, 6.07) is 10.1. The van der Waals surface area contributed by atoms with Crippen molar-refractivity contribution in [2.45, 2.75) is 85.3 Å². The normalized spacial score (nSPS) is 26.4. The van der Waals surface area contributed by atoms with E-state index in [1.807, 2.05) is 56.0 Å². The van der Waals surface area contributed by atoms with E-state index in [-0.39, 0.29) is 29.3 Å². The van der Waals surface area contributed by atoms with Gasteiger partial charge in [-0.15, -0.1) is 0 Å². The van der Waals surface area contributed by atoms with Gasteiger partial charge in [-0.2, -0.15) is 0 Å². The molecule has 2 fully saturated rings. The van der Waals surface area contributed by atoms with E-state index in [2.05, 4.69) is 33.9 Å². The van der Waals surface area contributed by atoms with E-state index in [0.717, 1.165) is 5.56 Å². The lowest BCUT2D eigenvalue weighted by Gasteiger charge is -2.43. The van der Waals surface area contributed by atoms with Crippen molar-refractivity contribution in [1.82, 2.24) is 9.80 Å². The van der Waals surface area contributed by atoms with Gasteiger partial charge in [0.2, 0.25) is 5.91 Å². The zero-order chi connectivity index (χ0) is 24.6. The van der Waals surface area contributed by atoms with Gasteiger partial charge >= 0.3 is 6.09 Å². The molecule has 184 valence electrons. The first-order valence-electron chi connectivity index (χ1n) is 12.2. The third kappa shape index (κ3) is 5.80. The van der Waals surface area contributed by atoms with Gasteiger partial charge in [0.15, 0.2) is 9.04 Å². The van der Waals surface area contributed by atoms with Crippen LogP contribution >= 0.6 is 0 Å². The van der Waals surface area contributed by atoms with Crippen molar-refractivity contribution in [2.24, 2.45) is 17.3 Å². The molecule has 2 aliphatic rings. The molecule has 2 amide bonds. The average molecular weight is 475 g/mol. The molecule has 7 heteroatoms. The Balaban J connectivity index is 1.96. The molecule has 0 aromatic heterocycles. The average Bonchev–Trinajstić information content (AvgIpc) is 3.23. The summed E-state index contributed by atoms with van der Waals surface area (Å²) in [7, 11) is -1.60. The molecule has 0 saturated carbocycles. The smallest absolute Gasteiger partial charge is 0.412 e. The van der Waals surface area contributed by atoms with Crippen LogP contribution in [-0.4, -0.2) is 55.3 Å². The summed E-state index contributed by atoms with van der Waals surface area (Å²) in [6.45, 7) is 18.3. The lowest BCUT2D eigenvalue weighted by atomic mass is 9.77. The van der Waals surface area contributed by atoms with Crippen molar-refractivity contribution in [3.63, 3.8) is 0 Å². The summed E-state index contributed by atoms with van der Waals surface area (Å²) in [5.41, 5.74) is -0.460. The Morgan fingerprint density at radius 1 is 1.12 bits per heavy atom. The summed E-state index contributed by atoms with van der Waals surface area (Å²) in [6.07, 6.45) is 0.970. The lowest BCUT2D eigenvalue weighted by Crippen LogP contribution is -2.58. The summed E-state index contributed by atoms with van der Waals surface area (Å²) in [5, 5.41) is 0. The van der Waals surface area contributed by atoms with Gasteiger partial charge in [-0.1, -0.05) is 51.1 Å². The SMILES string of the molecule is C[SiH](C)O[C@]1(C2CCN(Cc3ccccc3)C2=O)C[C@H](C(C)(C)C)CN1C(=O)OC(C)(C)C. The first kappa shape index (κ1) is 25.8. The zero-order valence-electron chi connectivity index (χ0n) is 21.7. The highest BCUT2D eigenvalue weighted by molar-refractivity contribution is 6.48. The number of likely N-dealkylation sites (tertiary alicyclic amines) is 2. The molecule has 1 unspecified atom stereocenters. The van der Waals surface area contributed by atoms with Crippen LogP contribution in [-0.2, 0) is 20.5 Å². The second kappa shape index (κ2) is 9.41. The van der Waals surface area contributed by atoms with Crippen molar-refractivity contribution in [1.29, 1.82) is 0 Å². The minimum atomic E-state index is -1.60. The van der Waals surface area contributed by atoms with Crippen molar-refractivity contribution < 1.29 is 18.8 Å². The maximum Gasteiger partial charge on any atom is 0.412 e. The Morgan fingerprint density at radius 2 is 1.76 bits per heavy atom. The minimum absolute atomic E-state index is 0.0186. The summed E-state index contributed by atoms with van der Waals surface area (Å²) in [4.78, 5) is 31.0. The van der Waals surface area contributed by atoms with Crippen molar-refractivity contribution >= 4 is 21.0 Å². The van der Waals surface area contributed by atoms with Crippen LogP contribution in [0.25, 0.3) is 0 Å². The fourth-order valence-electron chi connectivity index (χ4n) is 5.08. The number of rotatable bonds is 5. The number of amides is 2. The quantitative estimate of drug-likeness (QED) is 0.561. The minimum Gasteiger partial charge on any atom is -0.444 e. The van der Waals surface area contributed by atoms with Crippen LogP contribution in [0.1, 0.15) is 59.9 Å². The first-order valence-corrected chi connectivity index (χ1v) is 15.0. The molecule has 2 heterocycles. The number of benzene rings is 1. The van der Waals surface area contributed by atoms with Crippen LogP contribution in [0.2, 0.25) is 13.1 Å². The van der Waals surface area contributed by atoms with Crippen LogP contribution in [0.3, 0.4) is 0 Å². The van der Waals surface area contributed by atoms with Gasteiger partial charge in [0.05, 0.1) is 5.92 Å². The van der Waals surface area contributed by atoms with Crippen LogP contribution in [0, 0.1) is 17.3 Å². The van der Waals surface area contributed by atoms with Gasteiger partial charge in [0.1, 0.15) is 11.3 Å². The molecule has 0 N–H and O–H groups in total. The van der Waals surface area contributed by atoms with Crippen LogP contribution in [0.5, 0.6) is 0 Å². The highest BCUT2D eigenvalue weighted by atomic mass is 28.3. The molecule has 3 atom stereocenters. The second-order valence-electron chi connectivity index (χ2n) is 12.0. The Morgan fingerprint density at radius 3 is 2.30 bits per heavy atom. The molecule has 2 aliphatic heterocycles. The molecule has 1 aromatic carbocycles. The molecule has 0 bridgehead atoms. The molecule has 0 radical (unpaired) electrons. The molecule has 33 heavy (non-hydrogen) atoms.